The highest BCUT2D eigenvalue weighted by Crippen LogP contribution is 2.46. The number of carboxylic acids is 1. The molecule has 0 aromatic heterocycles. The maximum atomic E-state index is 11.6. The van der Waals surface area contributed by atoms with Crippen molar-refractivity contribution in [2.45, 2.75) is 31.4 Å². The molecule has 0 saturated heterocycles. The average Bonchev–Trinajstić information content (AvgIpc) is 2.95. The molecular weight excluding hydrogens is 214 g/mol. The molecule has 0 atom stereocenters. The summed E-state index contributed by atoms with van der Waals surface area (Å²) in [5.41, 5.74) is -1.12. The molecule has 0 aliphatic heterocycles. The number of rotatable bonds is 5. The lowest BCUT2D eigenvalue weighted by Crippen LogP contribution is -2.42. The molecule has 86 valence electrons. The second-order valence-corrected chi connectivity index (χ2v) is 6.05. The molecule has 15 heavy (non-hydrogen) atoms. The van der Waals surface area contributed by atoms with Crippen LogP contribution in [-0.4, -0.2) is 34.5 Å². The molecule has 1 saturated carbocycles. The maximum absolute atomic E-state index is 11.6. The van der Waals surface area contributed by atoms with Crippen LogP contribution in [0.4, 0.5) is 0 Å². The number of amides is 1. The van der Waals surface area contributed by atoms with E-state index in [0.717, 1.165) is 0 Å². The van der Waals surface area contributed by atoms with Gasteiger partial charge in [0, 0.05) is 11.3 Å². The third-order valence-corrected chi connectivity index (χ3v) is 4.07. The van der Waals surface area contributed by atoms with Crippen molar-refractivity contribution in [2.75, 3.05) is 12.8 Å². The third kappa shape index (κ3) is 2.65. The van der Waals surface area contributed by atoms with Gasteiger partial charge in [-0.3, -0.25) is 9.59 Å². The third-order valence-electron chi connectivity index (χ3n) is 2.82. The van der Waals surface area contributed by atoms with Gasteiger partial charge in [0.25, 0.3) is 0 Å². The molecule has 0 spiro atoms. The molecule has 0 aromatic carbocycles. The minimum absolute atomic E-state index is 0.0513. The Kier molecular flexibility index (Phi) is 3.33. The van der Waals surface area contributed by atoms with Crippen LogP contribution in [-0.2, 0) is 9.59 Å². The summed E-state index contributed by atoms with van der Waals surface area (Å²) < 4.78 is -0.0513. The van der Waals surface area contributed by atoms with Crippen LogP contribution in [0.5, 0.6) is 0 Å². The Balaban J connectivity index is 2.47. The van der Waals surface area contributed by atoms with Gasteiger partial charge in [-0.15, -0.1) is 0 Å². The summed E-state index contributed by atoms with van der Waals surface area (Å²) in [6, 6.07) is 0. The molecule has 0 aromatic rings. The molecule has 0 heterocycles. The zero-order valence-corrected chi connectivity index (χ0v) is 10.1. The standard InChI is InChI=1S/C10H17NO3S/c1-9(2,15-3)6-11-7(12)10(4-5-10)8(13)14/h4-6H2,1-3H3,(H,11,12)(H,13,14). The summed E-state index contributed by atoms with van der Waals surface area (Å²) in [4.78, 5) is 22.5. The maximum Gasteiger partial charge on any atom is 0.319 e. The number of carbonyl (C=O) groups is 2. The molecule has 0 bridgehead atoms. The van der Waals surface area contributed by atoms with E-state index in [1.54, 1.807) is 11.8 Å². The second-order valence-electron chi connectivity index (χ2n) is 4.53. The van der Waals surface area contributed by atoms with E-state index in [1.807, 2.05) is 20.1 Å². The molecule has 1 aliphatic rings. The predicted octanol–water partition coefficient (Wildman–Crippen LogP) is 1.11. The Morgan fingerprint density at radius 2 is 2.00 bits per heavy atom. The largest absolute Gasteiger partial charge is 0.480 e. The summed E-state index contributed by atoms with van der Waals surface area (Å²) in [7, 11) is 0. The van der Waals surface area contributed by atoms with E-state index in [4.69, 9.17) is 5.11 Å². The summed E-state index contributed by atoms with van der Waals surface area (Å²) in [5.74, 6) is -1.33. The van der Waals surface area contributed by atoms with Crippen molar-refractivity contribution in [3.63, 3.8) is 0 Å². The van der Waals surface area contributed by atoms with Crippen LogP contribution in [0.2, 0.25) is 0 Å². The second kappa shape index (κ2) is 4.04. The van der Waals surface area contributed by atoms with Crippen molar-refractivity contribution >= 4 is 23.6 Å². The van der Waals surface area contributed by atoms with Crippen molar-refractivity contribution in [2.24, 2.45) is 5.41 Å². The zero-order chi connectivity index (χ0) is 11.7. The number of hydrogen-bond acceptors (Lipinski definition) is 3. The van der Waals surface area contributed by atoms with Gasteiger partial charge in [-0.2, -0.15) is 11.8 Å². The minimum atomic E-state index is -1.12. The van der Waals surface area contributed by atoms with Crippen LogP contribution in [0.25, 0.3) is 0 Å². The van der Waals surface area contributed by atoms with E-state index in [1.165, 1.54) is 0 Å². The summed E-state index contributed by atoms with van der Waals surface area (Å²) in [6.07, 6.45) is 2.90. The van der Waals surface area contributed by atoms with Crippen LogP contribution in [0.3, 0.4) is 0 Å². The number of carboxylic acid groups (broad SMARTS) is 1. The van der Waals surface area contributed by atoms with Gasteiger partial charge in [0.1, 0.15) is 5.41 Å². The molecule has 0 unspecified atom stereocenters. The van der Waals surface area contributed by atoms with Crippen molar-refractivity contribution in [1.29, 1.82) is 0 Å². The molecule has 1 rings (SSSR count). The van der Waals surface area contributed by atoms with Crippen LogP contribution in [0.1, 0.15) is 26.7 Å². The number of carbonyl (C=O) groups excluding carboxylic acids is 1. The topological polar surface area (TPSA) is 66.4 Å². The fourth-order valence-corrected chi connectivity index (χ4v) is 1.41. The minimum Gasteiger partial charge on any atom is -0.480 e. The lowest BCUT2D eigenvalue weighted by atomic mass is 10.1. The molecule has 0 radical (unpaired) electrons. The highest BCUT2D eigenvalue weighted by atomic mass is 32.2. The zero-order valence-electron chi connectivity index (χ0n) is 9.29. The smallest absolute Gasteiger partial charge is 0.319 e. The number of nitrogens with one attached hydrogen (secondary N) is 1. The summed E-state index contributed by atoms with van der Waals surface area (Å²) in [6.45, 7) is 4.53. The lowest BCUT2D eigenvalue weighted by molar-refractivity contribution is -0.149. The first kappa shape index (κ1) is 12.4. The fraction of sp³-hybridized carbons (Fsp3) is 0.800. The van der Waals surface area contributed by atoms with Crippen molar-refractivity contribution in [1.82, 2.24) is 5.32 Å². The van der Waals surface area contributed by atoms with E-state index in [9.17, 15) is 9.59 Å². The Morgan fingerprint density at radius 1 is 1.47 bits per heavy atom. The first-order valence-corrected chi connectivity index (χ1v) is 6.13. The summed E-state index contributed by atoms with van der Waals surface area (Å²) >= 11 is 1.65. The van der Waals surface area contributed by atoms with E-state index in [0.29, 0.717) is 19.4 Å². The predicted molar refractivity (Wildman–Crippen MR) is 59.9 cm³/mol. The Hall–Kier alpha value is -0.710. The van der Waals surface area contributed by atoms with Gasteiger partial charge in [-0.1, -0.05) is 0 Å². The number of aliphatic carboxylic acids is 1. The molecule has 1 aliphatic carbocycles. The van der Waals surface area contributed by atoms with Crippen LogP contribution >= 0.6 is 11.8 Å². The quantitative estimate of drug-likeness (QED) is 0.696. The Bertz CT molecular complexity index is 284. The molecule has 1 amide bonds. The lowest BCUT2D eigenvalue weighted by Gasteiger charge is -2.23. The average molecular weight is 231 g/mol. The molecule has 2 N–H and O–H groups in total. The van der Waals surface area contributed by atoms with Crippen molar-refractivity contribution < 1.29 is 14.7 Å². The monoisotopic (exact) mass is 231 g/mol. The van der Waals surface area contributed by atoms with Gasteiger partial charge in [0.2, 0.25) is 5.91 Å². The van der Waals surface area contributed by atoms with E-state index in [-0.39, 0.29) is 10.7 Å². The van der Waals surface area contributed by atoms with Crippen molar-refractivity contribution in [3.05, 3.63) is 0 Å². The van der Waals surface area contributed by atoms with Crippen molar-refractivity contribution in [3.8, 4) is 0 Å². The highest BCUT2D eigenvalue weighted by Gasteiger charge is 2.57. The number of hydrogen-bond donors (Lipinski definition) is 2. The van der Waals surface area contributed by atoms with Gasteiger partial charge in [0.05, 0.1) is 0 Å². The molecule has 1 fully saturated rings. The Morgan fingerprint density at radius 3 is 2.33 bits per heavy atom. The fourth-order valence-electron chi connectivity index (χ4n) is 1.20. The van der Waals surface area contributed by atoms with E-state index < -0.39 is 11.4 Å². The first-order valence-electron chi connectivity index (χ1n) is 4.91. The van der Waals surface area contributed by atoms with E-state index >= 15 is 0 Å². The first-order chi connectivity index (χ1) is 6.84. The molecule has 5 heteroatoms. The molecule has 4 nitrogen and oxygen atoms in total. The Labute approximate surface area is 93.8 Å². The summed E-state index contributed by atoms with van der Waals surface area (Å²) in [5, 5.41) is 11.6. The van der Waals surface area contributed by atoms with Gasteiger partial charge >= 0.3 is 5.97 Å². The SMILES string of the molecule is CSC(C)(C)CNC(=O)C1(C(=O)O)CC1. The van der Waals surface area contributed by atoms with E-state index in [2.05, 4.69) is 5.32 Å². The van der Waals surface area contributed by atoms with Gasteiger partial charge in [-0.05, 0) is 32.9 Å². The van der Waals surface area contributed by atoms with Crippen LogP contribution in [0.15, 0.2) is 0 Å². The van der Waals surface area contributed by atoms with Gasteiger partial charge in [-0.25, -0.2) is 0 Å². The number of thioether (sulfide) groups is 1. The normalized spacial score (nSPS) is 18.3. The van der Waals surface area contributed by atoms with Gasteiger partial charge in [0.15, 0.2) is 0 Å². The molecular formula is C10H17NO3S. The highest BCUT2D eigenvalue weighted by molar-refractivity contribution is 7.99. The van der Waals surface area contributed by atoms with Gasteiger partial charge < -0.3 is 10.4 Å². The van der Waals surface area contributed by atoms with Crippen LogP contribution < -0.4 is 5.32 Å². The van der Waals surface area contributed by atoms with Crippen LogP contribution in [0, 0.1) is 5.41 Å².